The highest BCUT2D eigenvalue weighted by Crippen LogP contribution is 2.35. The van der Waals surface area contributed by atoms with E-state index in [-0.39, 0.29) is 12.0 Å². The number of oxazole rings is 1. The van der Waals surface area contributed by atoms with Crippen molar-refractivity contribution in [2.75, 3.05) is 26.8 Å². The molecule has 1 aliphatic carbocycles. The fourth-order valence-electron chi connectivity index (χ4n) is 3.11. The third kappa shape index (κ3) is 3.17. The van der Waals surface area contributed by atoms with Gasteiger partial charge in [-0.05, 0) is 26.7 Å². The maximum atomic E-state index is 12.7. The van der Waals surface area contributed by atoms with Crippen LogP contribution in [0.3, 0.4) is 0 Å². The molecule has 0 bridgehead atoms. The molecular formula is C16H24N2O4. The van der Waals surface area contributed by atoms with Crippen LogP contribution in [0.15, 0.2) is 10.7 Å². The monoisotopic (exact) mass is 308 g/mol. The summed E-state index contributed by atoms with van der Waals surface area (Å²) >= 11 is 0. The molecule has 0 aromatic carbocycles. The molecule has 1 aromatic rings. The van der Waals surface area contributed by atoms with Crippen molar-refractivity contribution < 1.29 is 18.7 Å². The molecule has 1 aromatic heterocycles. The number of ether oxygens (including phenoxy) is 2. The molecule has 0 radical (unpaired) electrons. The zero-order chi connectivity index (χ0) is 15.7. The van der Waals surface area contributed by atoms with Crippen LogP contribution in [0.1, 0.15) is 55.4 Å². The molecule has 2 heterocycles. The SMILES string of the molecule is COC[C@H]1CN(C(=O)c2coc(C3CCC3)n2)CC(C)(C)O1. The molecular weight excluding hydrogens is 284 g/mol. The van der Waals surface area contributed by atoms with Crippen LogP contribution in [0.4, 0.5) is 0 Å². The van der Waals surface area contributed by atoms with Crippen LogP contribution in [0.2, 0.25) is 0 Å². The summed E-state index contributed by atoms with van der Waals surface area (Å²) in [4.78, 5) is 18.9. The number of hydrogen-bond acceptors (Lipinski definition) is 5. The predicted octanol–water partition coefficient (Wildman–Crippen LogP) is 2.21. The van der Waals surface area contributed by atoms with Crippen molar-refractivity contribution in [3.8, 4) is 0 Å². The average molecular weight is 308 g/mol. The lowest BCUT2D eigenvalue weighted by atomic mass is 9.85. The largest absolute Gasteiger partial charge is 0.448 e. The lowest BCUT2D eigenvalue weighted by Gasteiger charge is -2.42. The zero-order valence-corrected chi connectivity index (χ0v) is 13.5. The van der Waals surface area contributed by atoms with Gasteiger partial charge in [-0.2, -0.15) is 0 Å². The quantitative estimate of drug-likeness (QED) is 0.853. The van der Waals surface area contributed by atoms with Crippen molar-refractivity contribution in [2.24, 2.45) is 0 Å². The molecule has 0 spiro atoms. The molecule has 1 saturated carbocycles. The number of morpholine rings is 1. The standard InChI is InChI=1S/C16H24N2O4/c1-16(2)10-18(7-12(22-16)8-20-3)15(19)13-9-21-14(17-13)11-5-4-6-11/h9,11-12H,4-8,10H2,1-3H3/t12-/m1/s1. The Hall–Kier alpha value is -1.40. The van der Waals surface area contributed by atoms with E-state index in [1.54, 1.807) is 12.0 Å². The normalized spacial score (nSPS) is 25.0. The van der Waals surface area contributed by atoms with Gasteiger partial charge in [-0.25, -0.2) is 4.98 Å². The Balaban J connectivity index is 1.71. The second-order valence-electron chi connectivity index (χ2n) is 6.84. The second kappa shape index (κ2) is 6.01. The van der Waals surface area contributed by atoms with Crippen LogP contribution in [0.5, 0.6) is 0 Å². The van der Waals surface area contributed by atoms with E-state index in [1.165, 1.54) is 12.7 Å². The van der Waals surface area contributed by atoms with Gasteiger partial charge in [0.1, 0.15) is 6.26 Å². The van der Waals surface area contributed by atoms with E-state index in [9.17, 15) is 4.79 Å². The first-order valence-corrected chi connectivity index (χ1v) is 7.90. The van der Waals surface area contributed by atoms with Gasteiger partial charge in [0, 0.05) is 26.1 Å². The summed E-state index contributed by atoms with van der Waals surface area (Å²) < 4.78 is 16.6. The Labute approximate surface area is 130 Å². The van der Waals surface area contributed by atoms with Crippen molar-refractivity contribution in [3.05, 3.63) is 17.8 Å². The van der Waals surface area contributed by atoms with E-state index in [0.29, 0.717) is 37.2 Å². The summed E-state index contributed by atoms with van der Waals surface area (Å²) in [5.74, 6) is 1.01. The van der Waals surface area contributed by atoms with E-state index in [4.69, 9.17) is 13.9 Å². The first kappa shape index (κ1) is 15.5. The molecule has 0 unspecified atom stereocenters. The fourth-order valence-corrected chi connectivity index (χ4v) is 3.11. The highest BCUT2D eigenvalue weighted by Gasteiger charge is 2.37. The molecule has 1 saturated heterocycles. The number of amides is 1. The molecule has 6 heteroatoms. The van der Waals surface area contributed by atoms with Gasteiger partial charge in [-0.1, -0.05) is 6.42 Å². The van der Waals surface area contributed by atoms with Gasteiger partial charge >= 0.3 is 0 Å². The first-order valence-electron chi connectivity index (χ1n) is 7.90. The van der Waals surface area contributed by atoms with Gasteiger partial charge in [0.05, 0.1) is 18.3 Å². The number of nitrogens with zero attached hydrogens (tertiary/aromatic N) is 2. The molecule has 6 nitrogen and oxygen atoms in total. The van der Waals surface area contributed by atoms with Crippen LogP contribution in [0, 0.1) is 0 Å². The van der Waals surface area contributed by atoms with Crippen molar-refractivity contribution in [1.82, 2.24) is 9.88 Å². The van der Waals surface area contributed by atoms with Crippen molar-refractivity contribution in [3.63, 3.8) is 0 Å². The highest BCUT2D eigenvalue weighted by molar-refractivity contribution is 5.92. The minimum absolute atomic E-state index is 0.0909. The van der Waals surface area contributed by atoms with Crippen molar-refractivity contribution >= 4 is 5.91 Å². The number of carbonyl (C=O) groups excluding carboxylic acids is 1. The first-order chi connectivity index (χ1) is 10.5. The van der Waals surface area contributed by atoms with E-state index >= 15 is 0 Å². The van der Waals surface area contributed by atoms with Crippen LogP contribution in [-0.2, 0) is 9.47 Å². The van der Waals surface area contributed by atoms with Gasteiger partial charge in [-0.3, -0.25) is 4.79 Å². The van der Waals surface area contributed by atoms with Gasteiger partial charge in [0.25, 0.3) is 5.91 Å². The van der Waals surface area contributed by atoms with Crippen LogP contribution < -0.4 is 0 Å². The second-order valence-corrected chi connectivity index (χ2v) is 6.84. The number of hydrogen-bond donors (Lipinski definition) is 0. The van der Waals surface area contributed by atoms with Crippen LogP contribution >= 0.6 is 0 Å². The van der Waals surface area contributed by atoms with E-state index < -0.39 is 5.60 Å². The van der Waals surface area contributed by atoms with Crippen LogP contribution in [0.25, 0.3) is 0 Å². The Kier molecular flexibility index (Phi) is 4.23. The molecule has 1 amide bonds. The van der Waals surface area contributed by atoms with Gasteiger partial charge in [0.15, 0.2) is 11.6 Å². The smallest absolute Gasteiger partial charge is 0.276 e. The molecule has 1 aliphatic heterocycles. The fraction of sp³-hybridized carbons (Fsp3) is 0.750. The zero-order valence-electron chi connectivity index (χ0n) is 13.5. The number of rotatable bonds is 4. The maximum Gasteiger partial charge on any atom is 0.276 e. The van der Waals surface area contributed by atoms with E-state index in [2.05, 4.69) is 4.98 Å². The van der Waals surface area contributed by atoms with Gasteiger partial charge in [-0.15, -0.1) is 0 Å². The average Bonchev–Trinajstić information content (AvgIpc) is 2.83. The summed E-state index contributed by atoms with van der Waals surface area (Å²) in [5.41, 5.74) is 0.00763. The Morgan fingerprint density at radius 3 is 2.91 bits per heavy atom. The highest BCUT2D eigenvalue weighted by atomic mass is 16.5. The van der Waals surface area contributed by atoms with E-state index in [0.717, 1.165) is 12.8 Å². The lowest BCUT2D eigenvalue weighted by Crippen LogP contribution is -2.55. The minimum Gasteiger partial charge on any atom is -0.448 e. The van der Waals surface area contributed by atoms with Gasteiger partial charge < -0.3 is 18.8 Å². The Morgan fingerprint density at radius 2 is 2.27 bits per heavy atom. The molecule has 2 aliphatic rings. The number of carbonyl (C=O) groups is 1. The minimum atomic E-state index is -0.391. The molecule has 1 atom stereocenters. The van der Waals surface area contributed by atoms with Crippen molar-refractivity contribution in [1.29, 1.82) is 0 Å². The number of methoxy groups -OCH3 is 1. The molecule has 22 heavy (non-hydrogen) atoms. The Morgan fingerprint density at radius 1 is 1.50 bits per heavy atom. The molecule has 3 rings (SSSR count). The maximum absolute atomic E-state index is 12.7. The summed E-state index contributed by atoms with van der Waals surface area (Å²) in [6.07, 6.45) is 4.80. The molecule has 122 valence electrons. The van der Waals surface area contributed by atoms with Crippen molar-refractivity contribution in [2.45, 2.75) is 50.7 Å². The number of aromatic nitrogens is 1. The summed E-state index contributed by atoms with van der Waals surface area (Å²) in [7, 11) is 1.64. The third-order valence-electron chi connectivity index (χ3n) is 4.32. The van der Waals surface area contributed by atoms with E-state index in [1.807, 2.05) is 13.8 Å². The summed E-state index contributed by atoms with van der Waals surface area (Å²) in [6.45, 7) is 5.49. The predicted molar refractivity (Wildman–Crippen MR) is 79.8 cm³/mol. The van der Waals surface area contributed by atoms with Crippen LogP contribution in [-0.4, -0.2) is 54.3 Å². The van der Waals surface area contributed by atoms with Gasteiger partial charge in [0.2, 0.25) is 0 Å². The topological polar surface area (TPSA) is 64.8 Å². The summed E-state index contributed by atoms with van der Waals surface area (Å²) in [6, 6.07) is 0. The third-order valence-corrected chi connectivity index (χ3v) is 4.32. The molecule has 0 N–H and O–H groups in total. The molecule has 2 fully saturated rings. The summed E-state index contributed by atoms with van der Waals surface area (Å²) in [5, 5.41) is 0. The lowest BCUT2D eigenvalue weighted by molar-refractivity contribution is -0.143. The Bertz CT molecular complexity index is 536.